The maximum absolute atomic E-state index is 11.8. The molecule has 5 rings (SSSR count). The molecular weight excluding hydrogens is 470 g/mol. The fraction of sp³-hybridized carbons (Fsp3) is 0.379. The first-order chi connectivity index (χ1) is 17.7. The van der Waals surface area contributed by atoms with Gasteiger partial charge in [0.1, 0.15) is 5.75 Å². The van der Waals surface area contributed by atoms with Gasteiger partial charge in [0.25, 0.3) is 0 Å². The third kappa shape index (κ3) is 5.97. The predicted molar refractivity (Wildman–Crippen MR) is 147 cm³/mol. The molecule has 1 saturated heterocycles. The zero-order valence-corrected chi connectivity index (χ0v) is 21.6. The number of thiophene rings is 1. The van der Waals surface area contributed by atoms with Gasteiger partial charge in [-0.1, -0.05) is 13.0 Å². The van der Waals surface area contributed by atoms with E-state index >= 15 is 0 Å². The van der Waals surface area contributed by atoms with Crippen LogP contribution in [0.2, 0.25) is 0 Å². The van der Waals surface area contributed by atoms with Gasteiger partial charge in [0.2, 0.25) is 5.88 Å². The Hall–Kier alpha value is -3.16. The maximum Gasteiger partial charge on any atom is 0.312 e. The molecule has 188 valence electrons. The monoisotopic (exact) mass is 503 g/mol. The number of carbonyl (C=O) groups excluding carboxylic acids is 1. The molecule has 2 aromatic carbocycles. The number of aromatic nitrogens is 1. The van der Waals surface area contributed by atoms with Crippen LogP contribution in [0.25, 0.3) is 21.0 Å². The van der Waals surface area contributed by atoms with Crippen LogP contribution in [0, 0.1) is 0 Å². The van der Waals surface area contributed by atoms with Gasteiger partial charge in [-0.2, -0.15) is 0 Å². The van der Waals surface area contributed by atoms with Crippen molar-refractivity contribution in [3.63, 3.8) is 0 Å². The van der Waals surface area contributed by atoms with E-state index in [9.17, 15) is 4.79 Å². The molecule has 0 aliphatic carbocycles. The van der Waals surface area contributed by atoms with Crippen LogP contribution in [0.15, 0.2) is 60.0 Å². The number of anilines is 1. The second-order valence-corrected chi connectivity index (χ2v) is 10.2. The zero-order valence-electron chi connectivity index (χ0n) is 20.8. The van der Waals surface area contributed by atoms with Crippen molar-refractivity contribution in [2.75, 3.05) is 44.2 Å². The lowest BCUT2D eigenvalue weighted by molar-refractivity contribution is -0.134. The highest BCUT2D eigenvalue weighted by molar-refractivity contribution is 7.17. The number of fused-ring (bicyclic) bond motifs is 2. The minimum Gasteiger partial charge on any atom is -0.494 e. The fourth-order valence-electron chi connectivity index (χ4n) is 4.69. The molecule has 1 fully saturated rings. The molecule has 0 bridgehead atoms. The van der Waals surface area contributed by atoms with Gasteiger partial charge in [-0.3, -0.25) is 9.69 Å². The lowest BCUT2D eigenvalue weighted by Crippen LogP contribution is -2.46. The fourth-order valence-corrected chi connectivity index (χ4v) is 5.50. The highest BCUT2D eigenvalue weighted by Gasteiger charge is 2.18. The van der Waals surface area contributed by atoms with E-state index in [0.717, 1.165) is 68.6 Å². The van der Waals surface area contributed by atoms with E-state index < -0.39 is 0 Å². The van der Waals surface area contributed by atoms with Gasteiger partial charge in [-0.15, -0.1) is 11.3 Å². The molecule has 3 heterocycles. The summed E-state index contributed by atoms with van der Waals surface area (Å²) in [6, 6.07) is 18.4. The molecule has 1 aliphatic heterocycles. The lowest BCUT2D eigenvalue weighted by Gasteiger charge is -2.36. The third-order valence-electron chi connectivity index (χ3n) is 6.63. The van der Waals surface area contributed by atoms with Crippen molar-refractivity contribution in [2.24, 2.45) is 0 Å². The highest BCUT2D eigenvalue weighted by Crippen LogP contribution is 2.31. The van der Waals surface area contributed by atoms with Crippen LogP contribution < -0.4 is 14.4 Å². The molecule has 6 nitrogen and oxygen atoms in total. The van der Waals surface area contributed by atoms with Gasteiger partial charge in [0, 0.05) is 65.9 Å². The summed E-state index contributed by atoms with van der Waals surface area (Å²) in [6.45, 7) is 8.08. The van der Waals surface area contributed by atoms with E-state index in [1.807, 2.05) is 42.5 Å². The van der Waals surface area contributed by atoms with E-state index in [4.69, 9.17) is 9.47 Å². The van der Waals surface area contributed by atoms with Gasteiger partial charge >= 0.3 is 5.97 Å². The van der Waals surface area contributed by atoms with Gasteiger partial charge in [-0.25, -0.2) is 4.98 Å². The van der Waals surface area contributed by atoms with E-state index in [2.05, 4.69) is 44.4 Å². The number of ether oxygens (including phenoxy) is 2. The average Bonchev–Trinajstić information content (AvgIpc) is 3.38. The largest absolute Gasteiger partial charge is 0.494 e. The molecule has 0 N–H and O–H groups in total. The average molecular weight is 504 g/mol. The van der Waals surface area contributed by atoms with Gasteiger partial charge in [-0.05, 0) is 67.6 Å². The van der Waals surface area contributed by atoms with Crippen LogP contribution in [-0.2, 0) is 4.79 Å². The first kappa shape index (κ1) is 24.5. The standard InChI is InChI=1S/C29H33N3O3S/c1-2-6-29(33)35-28-12-10-22-9-11-23(21-25(22)30-28)34-19-4-3-14-31-15-17-32(18-16-31)26-7-5-8-27-24(26)13-20-36-27/h5,7-13,20-21H,2-4,6,14-19H2,1H3. The Morgan fingerprint density at radius 2 is 1.89 bits per heavy atom. The van der Waals surface area contributed by atoms with Crippen LogP contribution >= 0.6 is 11.3 Å². The summed E-state index contributed by atoms with van der Waals surface area (Å²) in [6.07, 6.45) is 3.27. The molecule has 0 unspecified atom stereocenters. The molecule has 0 spiro atoms. The summed E-state index contributed by atoms with van der Waals surface area (Å²) in [5, 5.41) is 4.56. The second kappa shape index (κ2) is 11.7. The normalized spacial score (nSPS) is 14.4. The molecule has 7 heteroatoms. The summed E-state index contributed by atoms with van der Waals surface area (Å²) in [5.41, 5.74) is 2.14. The second-order valence-electron chi connectivity index (χ2n) is 9.22. The van der Waals surface area contributed by atoms with E-state index in [0.29, 0.717) is 18.9 Å². The van der Waals surface area contributed by atoms with Crippen LogP contribution in [0.3, 0.4) is 0 Å². The number of esters is 1. The Balaban J connectivity index is 1.05. The van der Waals surface area contributed by atoms with Crippen molar-refractivity contribution >= 4 is 44.0 Å². The van der Waals surface area contributed by atoms with Crippen molar-refractivity contribution in [1.82, 2.24) is 9.88 Å². The Labute approximate surface area is 216 Å². The smallest absolute Gasteiger partial charge is 0.312 e. The predicted octanol–water partition coefficient (Wildman–Crippen LogP) is 6.14. The number of carbonyl (C=O) groups is 1. The molecule has 0 amide bonds. The minimum atomic E-state index is -0.252. The summed E-state index contributed by atoms with van der Waals surface area (Å²) in [4.78, 5) is 21.3. The number of unbranched alkanes of at least 4 members (excludes halogenated alkanes) is 1. The number of rotatable bonds is 10. The van der Waals surface area contributed by atoms with Crippen molar-refractivity contribution < 1.29 is 14.3 Å². The van der Waals surface area contributed by atoms with Crippen molar-refractivity contribution in [2.45, 2.75) is 32.6 Å². The molecule has 1 aliphatic rings. The minimum absolute atomic E-state index is 0.252. The number of hydrogen-bond donors (Lipinski definition) is 0. The van der Waals surface area contributed by atoms with Crippen LogP contribution in [-0.4, -0.2) is 55.2 Å². The van der Waals surface area contributed by atoms with E-state index in [-0.39, 0.29) is 5.97 Å². The Kier molecular flexibility index (Phi) is 7.98. The molecular formula is C29H33N3O3S. The van der Waals surface area contributed by atoms with Crippen LogP contribution in [0.5, 0.6) is 11.6 Å². The molecule has 0 radical (unpaired) electrons. The van der Waals surface area contributed by atoms with Crippen LogP contribution in [0.1, 0.15) is 32.6 Å². The summed E-state index contributed by atoms with van der Waals surface area (Å²) < 4.78 is 12.7. The SMILES string of the molecule is CCCC(=O)Oc1ccc2ccc(OCCCCN3CCN(c4cccc5sccc45)CC3)cc2n1. The van der Waals surface area contributed by atoms with Gasteiger partial charge in [0.05, 0.1) is 12.1 Å². The molecule has 2 aromatic heterocycles. The van der Waals surface area contributed by atoms with E-state index in [1.165, 1.54) is 15.8 Å². The van der Waals surface area contributed by atoms with Gasteiger partial charge in [0.15, 0.2) is 0 Å². The molecule has 36 heavy (non-hydrogen) atoms. The third-order valence-corrected chi connectivity index (χ3v) is 7.52. The van der Waals surface area contributed by atoms with Crippen molar-refractivity contribution in [3.8, 4) is 11.6 Å². The summed E-state index contributed by atoms with van der Waals surface area (Å²) in [5.74, 6) is 0.881. The highest BCUT2D eigenvalue weighted by atomic mass is 32.1. The maximum atomic E-state index is 11.8. The first-order valence-electron chi connectivity index (χ1n) is 12.9. The molecule has 0 atom stereocenters. The number of hydrogen-bond acceptors (Lipinski definition) is 7. The summed E-state index contributed by atoms with van der Waals surface area (Å²) in [7, 11) is 0. The van der Waals surface area contributed by atoms with Crippen molar-refractivity contribution in [3.05, 3.63) is 60.0 Å². The molecule has 0 saturated carbocycles. The Morgan fingerprint density at radius 3 is 2.75 bits per heavy atom. The number of pyridine rings is 1. The van der Waals surface area contributed by atoms with E-state index in [1.54, 1.807) is 6.07 Å². The van der Waals surface area contributed by atoms with Crippen molar-refractivity contribution in [1.29, 1.82) is 0 Å². The lowest BCUT2D eigenvalue weighted by atomic mass is 10.2. The number of piperazine rings is 1. The zero-order chi connectivity index (χ0) is 24.7. The molecule has 4 aromatic rings. The Bertz CT molecular complexity index is 1310. The number of benzene rings is 2. The van der Waals surface area contributed by atoms with Crippen LogP contribution in [0.4, 0.5) is 5.69 Å². The first-order valence-corrected chi connectivity index (χ1v) is 13.8. The quantitative estimate of drug-likeness (QED) is 0.192. The Morgan fingerprint density at radius 1 is 1.03 bits per heavy atom. The summed E-state index contributed by atoms with van der Waals surface area (Å²) >= 11 is 1.81. The topological polar surface area (TPSA) is 54.9 Å². The number of nitrogens with zero attached hydrogens (tertiary/aromatic N) is 3. The van der Waals surface area contributed by atoms with Gasteiger partial charge < -0.3 is 14.4 Å².